The fourth-order valence-corrected chi connectivity index (χ4v) is 1.66. The largest absolute Gasteiger partial charge is 0.314 e. The van der Waals surface area contributed by atoms with Gasteiger partial charge in [-0.3, -0.25) is 4.98 Å². The summed E-state index contributed by atoms with van der Waals surface area (Å²) >= 11 is 0. The minimum Gasteiger partial charge on any atom is -0.314 e. The van der Waals surface area contributed by atoms with Crippen LogP contribution in [0, 0.1) is 0 Å². The second-order valence-electron chi connectivity index (χ2n) is 3.42. The number of rotatable bonds is 2. The normalized spacial score (nSPS) is 22.9. The molecule has 2 N–H and O–H groups in total. The third kappa shape index (κ3) is 2.50. The molecular formula is C10H15N3. The van der Waals surface area contributed by atoms with E-state index in [1.165, 1.54) is 5.56 Å². The van der Waals surface area contributed by atoms with Gasteiger partial charge in [0.2, 0.25) is 0 Å². The van der Waals surface area contributed by atoms with E-state index in [9.17, 15) is 0 Å². The lowest BCUT2D eigenvalue weighted by Crippen LogP contribution is -2.49. The smallest absolute Gasteiger partial charge is 0.0300 e. The molecule has 1 aromatic heterocycles. The van der Waals surface area contributed by atoms with Crippen LogP contribution in [0.2, 0.25) is 0 Å². The highest BCUT2D eigenvalue weighted by Gasteiger charge is 2.11. The van der Waals surface area contributed by atoms with Gasteiger partial charge in [-0.15, -0.1) is 0 Å². The van der Waals surface area contributed by atoms with Gasteiger partial charge in [-0.2, -0.15) is 0 Å². The summed E-state index contributed by atoms with van der Waals surface area (Å²) in [6.07, 6.45) is 4.83. The summed E-state index contributed by atoms with van der Waals surface area (Å²) in [5.74, 6) is 0. The lowest BCUT2D eigenvalue weighted by atomic mass is 10.1. The van der Waals surface area contributed by atoms with E-state index >= 15 is 0 Å². The Hall–Kier alpha value is -0.930. The van der Waals surface area contributed by atoms with Gasteiger partial charge in [0.15, 0.2) is 0 Å². The van der Waals surface area contributed by atoms with Gasteiger partial charge in [0.05, 0.1) is 0 Å². The number of hydrogen-bond donors (Lipinski definition) is 2. The summed E-state index contributed by atoms with van der Waals surface area (Å²) in [6.45, 7) is 3.23. The second kappa shape index (κ2) is 4.35. The third-order valence-corrected chi connectivity index (χ3v) is 2.33. The summed E-state index contributed by atoms with van der Waals surface area (Å²) in [6, 6.07) is 4.69. The molecule has 1 atom stereocenters. The predicted octanol–water partition coefficient (Wildman–Crippen LogP) is 0.185. The van der Waals surface area contributed by atoms with Crippen molar-refractivity contribution in [2.24, 2.45) is 0 Å². The Balaban J connectivity index is 1.90. The maximum Gasteiger partial charge on any atom is 0.0300 e. The second-order valence-corrected chi connectivity index (χ2v) is 3.42. The number of nitrogens with one attached hydrogen (secondary N) is 2. The average Bonchev–Trinajstić information content (AvgIpc) is 2.21. The molecule has 3 heteroatoms. The van der Waals surface area contributed by atoms with Crippen molar-refractivity contribution in [2.75, 3.05) is 19.6 Å². The summed E-state index contributed by atoms with van der Waals surface area (Å²) in [5.41, 5.74) is 1.31. The fourth-order valence-electron chi connectivity index (χ4n) is 1.66. The Morgan fingerprint density at radius 1 is 1.46 bits per heavy atom. The van der Waals surface area contributed by atoms with Crippen molar-refractivity contribution in [3.63, 3.8) is 0 Å². The van der Waals surface area contributed by atoms with Crippen molar-refractivity contribution in [1.29, 1.82) is 0 Å². The van der Waals surface area contributed by atoms with Gasteiger partial charge in [0.25, 0.3) is 0 Å². The first-order valence-corrected chi connectivity index (χ1v) is 4.78. The molecule has 3 nitrogen and oxygen atoms in total. The first kappa shape index (κ1) is 8.66. The molecule has 1 fully saturated rings. The molecule has 1 aliphatic heterocycles. The molecule has 0 bridgehead atoms. The molecule has 0 aromatic carbocycles. The van der Waals surface area contributed by atoms with Crippen molar-refractivity contribution < 1.29 is 0 Å². The van der Waals surface area contributed by atoms with E-state index in [1.807, 2.05) is 18.5 Å². The molecule has 0 unspecified atom stereocenters. The molecule has 0 saturated carbocycles. The van der Waals surface area contributed by atoms with Crippen LogP contribution < -0.4 is 10.6 Å². The topological polar surface area (TPSA) is 37.0 Å². The predicted molar refractivity (Wildman–Crippen MR) is 52.6 cm³/mol. The monoisotopic (exact) mass is 177 g/mol. The van der Waals surface area contributed by atoms with E-state index < -0.39 is 0 Å². The van der Waals surface area contributed by atoms with Gasteiger partial charge in [-0.05, 0) is 18.1 Å². The molecule has 2 rings (SSSR count). The molecule has 2 heterocycles. The van der Waals surface area contributed by atoms with Gasteiger partial charge in [-0.1, -0.05) is 6.07 Å². The standard InChI is InChI=1S/C10H15N3/c1-2-9(7-11-3-1)6-10-8-12-4-5-13-10/h1-3,7,10,12-13H,4-6,8H2/t10-/m1/s1. The van der Waals surface area contributed by atoms with Crippen LogP contribution in [-0.4, -0.2) is 30.7 Å². The molecule has 13 heavy (non-hydrogen) atoms. The lowest BCUT2D eigenvalue weighted by Gasteiger charge is -2.24. The van der Waals surface area contributed by atoms with E-state index in [0.717, 1.165) is 26.1 Å². The number of aromatic nitrogens is 1. The molecule has 70 valence electrons. The summed E-state index contributed by atoms with van der Waals surface area (Å²) < 4.78 is 0. The molecule has 1 aromatic rings. The quantitative estimate of drug-likeness (QED) is 0.677. The van der Waals surface area contributed by atoms with Crippen LogP contribution in [-0.2, 0) is 6.42 Å². The van der Waals surface area contributed by atoms with Crippen molar-refractivity contribution in [3.8, 4) is 0 Å². The van der Waals surface area contributed by atoms with Crippen LogP contribution in [0.25, 0.3) is 0 Å². The first-order chi connectivity index (χ1) is 6.45. The van der Waals surface area contributed by atoms with Crippen LogP contribution in [0.4, 0.5) is 0 Å². The highest BCUT2D eigenvalue weighted by Crippen LogP contribution is 2.01. The Morgan fingerprint density at radius 2 is 2.46 bits per heavy atom. The van der Waals surface area contributed by atoms with Crippen molar-refractivity contribution in [3.05, 3.63) is 30.1 Å². The van der Waals surface area contributed by atoms with Gasteiger partial charge < -0.3 is 10.6 Å². The van der Waals surface area contributed by atoms with Gasteiger partial charge in [0, 0.05) is 38.1 Å². The van der Waals surface area contributed by atoms with Crippen LogP contribution >= 0.6 is 0 Å². The average molecular weight is 177 g/mol. The Bertz CT molecular complexity index is 242. The number of pyridine rings is 1. The number of hydrogen-bond acceptors (Lipinski definition) is 3. The van der Waals surface area contributed by atoms with E-state index in [1.54, 1.807) is 0 Å². The van der Waals surface area contributed by atoms with Crippen molar-refractivity contribution in [1.82, 2.24) is 15.6 Å². The van der Waals surface area contributed by atoms with Crippen LogP contribution in [0.1, 0.15) is 5.56 Å². The Labute approximate surface area is 78.6 Å². The SMILES string of the molecule is c1cncc(C[C@@H]2CNCCN2)c1. The maximum atomic E-state index is 4.10. The maximum absolute atomic E-state index is 4.10. The van der Waals surface area contributed by atoms with Crippen LogP contribution in [0.15, 0.2) is 24.5 Å². The van der Waals surface area contributed by atoms with Crippen molar-refractivity contribution >= 4 is 0 Å². The lowest BCUT2D eigenvalue weighted by molar-refractivity contribution is 0.416. The minimum absolute atomic E-state index is 0.568. The third-order valence-electron chi connectivity index (χ3n) is 2.33. The minimum atomic E-state index is 0.568. The van der Waals surface area contributed by atoms with E-state index in [2.05, 4.69) is 21.7 Å². The first-order valence-electron chi connectivity index (χ1n) is 4.78. The van der Waals surface area contributed by atoms with Gasteiger partial charge >= 0.3 is 0 Å². The number of piperazine rings is 1. The molecule has 0 aliphatic carbocycles. The van der Waals surface area contributed by atoms with Gasteiger partial charge in [0.1, 0.15) is 0 Å². The highest BCUT2D eigenvalue weighted by atomic mass is 15.0. The molecule has 1 aliphatic rings. The highest BCUT2D eigenvalue weighted by molar-refractivity contribution is 5.10. The zero-order chi connectivity index (χ0) is 8.93. The Morgan fingerprint density at radius 3 is 3.15 bits per heavy atom. The van der Waals surface area contributed by atoms with Crippen LogP contribution in [0.3, 0.4) is 0 Å². The number of nitrogens with zero attached hydrogens (tertiary/aromatic N) is 1. The van der Waals surface area contributed by atoms with Crippen molar-refractivity contribution in [2.45, 2.75) is 12.5 Å². The molecule has 1 saturated heterocycles. The fraction of sp³-hybridized carbons (Fsp3) is 0.500. The summed E-state index contributed by atoms with van der Waals surface area (Å²) in [4.78, 5) is 4.10. The molecule has 0 radical (unpaired) electrons. The molecule has 0 spiro atoms. The Kier molecular flexibility index (Phi) is 2.90. The summed E-state index contributed by atoms with van der Waals surface area (Å²) in [5, 5.41) is 6.85. The molecular weight excluding hydrogens is 162 g/mol. The van der Waals surface area contributed by atoms with Gasteiger partial charge in [-0.25, -0.2) is 0 Å². The molecule has 0 amide bonds. The van der Waals surface area contributed by atoms with E-state index in [4.69, 9.17) is 0 Å². The summed E-state index contributed by atoms with van der Waals surface area (Å²) in [7, 11) is 0. The zero-order valence-electron chi connectivity index (χ0n) is 7.66. The van der Waals surface area contributed by atoms with Crippen LogP contribution in [0.5, 0.6) is 0 Å². The van der Waals surface area contributed by atoms with E-state index in [-0.39, 0.29) is 0 Å². The van der Waals surface area contributed by atoms with E-state index in [0.29, 0.717) is 6.04 Å². The zero-order valence-corrected chi connectivity index (χ0v) is 7.66.